The molecule has 0 N–H and O–H groups in total. The van der Waals surface area contributed by atoms with Gasteiger partial charge in [0.2, 0.25) is 0 Å². The first-order chi connectivity index (χ1) is 12.0. The minimum Gasteiger partial charge on any atom is -0.408 e. The molecule has 2 aromatic carbocycles. The number of para-hydroxylation sites is 2. The van der Waals surface area contributed by atoms with Gasteiger partial charge in [0.25, 0.3) is 0 Å². The fourth-order valence-electron chi connectivity index (χ4n) is 1.88. The van der Waals surface area contributed by atoms with E-state index in [1.807, 2.05) is 12.1 Å². The fourth-order valence-corrected chi connectivity index (χ4v) is 9.64. The third-order valence-electron chi connectivity index (χ3n) is 3.25. The minimum absolute atomic E-state index is 0.216. The first kappa shape index (κ1) is 20.0. The molecular formula is C16H21O6PSSi. The maximum absolute atomic E-state index is 13.3. The summed E-state index contributed by atoms with van der Waals surface area (Å²) in [7, 11) is 1.57. The third-order valence-corrected chi connectivity index (χ3v) is 10.8. The molecule has 0 aliphatic carbocycles. The van der Waals surface area contributed by atoms with Gasteiger partial charge >= 0.3 is 15.6 Å². The van der Waals surface area contributed by atoms with Crippen molar-refractivity contribution in [3.63, 3.8) is 0 Å². The van der Waals surface area contributed by atoms with Crippen molar-refractivity contribution in [2.45, 2.75) is 0 Å². The zero-order valence-corrected chi connectivity index (χ0v) is 17.0. The Hall–Kier alpha value is -1.28. The summed E-state index contributed by atoms with van der Waals surface area (Å²) in [5.74, 6) is 0.905. The van der Waals surface area contributed by atoms with Crippen molar-refractivity contribution in [2.24, 2.45) is 0 Å². The topological polar surface area (TPSA) is 63.2 Å². The number of benzene rings is 2. The average molecular weight is 400 g/mol. The molecule has 6 nitrogen and oxygen atoms in total. The highest BCUT2D eigenvalue weighted by molar-refractivity contribution is 8.55. The molecule has 25 heavy (non-hydrogen) atoms. The van der Waals surface area contributed by atoms with E-state index in [-0.39, 0.29) is 5.38 Å². The van der Waals surface area contributed by atoms with E-state index in [1.165, 1.54) is 21.3 Å². The lowest BCUT2D eigenvalue weighted by atomic mass is 10.3. The molecule has 0 aliphatic heterocycles. The quantitative estimate of drug-likeness (QED) is 0.433. The smallest absolute Gasteiger partial charge is 0.408 e. The number of hydrogen-bond acceptors (Lipinski definition) is 7. The van der Waals surface area contributed by atoms with E-state index in [0.29, 0.717) is 11.5 Å². The van der Waals surface area contributed by atoms with Crippen LogP contribution in [0.3, 0.4) is 0 Å². The third kappa shape index (κ3) is 5.88. The molecule has 0 amide bonds. The molecule has 0 unspecified atom stereocenters. The van der Waals surface area contributed by atoms with Gasteiger partial charge in [-0.15, -0.1) is 0 Å². The van der Waals surface area contributed by atoms with Gasteiger partial charge in [0.1, 0.15) is 11.5 Å². The van der Waals surface area contributed by atoms with E-state index in [1.54, 1.807) is 48.5 Å². The molecule has 0 saturated carbocycles. The summed E-state index contributed by atoms with van der Waals surface area (Å²) in [6.07, 6.45) is 0. The molecule has 2 aromatic rings. The Balaban J connectivity index is 2.20. The Bertz CT molecular complexity index is 630. The molecule has 0 atom stereocenters. The molecule has 0 bridgehead atoms. The highest BCUT2D eigenvalue weighted by Gasteiger charge is 2.43. The second-order valence-electron chi connectivity index (χ2n) is 4.82. The van der Waals surface area contributed by atoms with E-state index in [4.69, 9.17) is 22.3 Å². The van der Waals surface area contributed by atoms with Crippen LogP contribution in [0.1, 0.15) is 0 Å². The van der Waals surface area contributed by atoms with Gasteiger partial charge in [0, 0.05) is 21.3 Å². The summed E-state index contributed by atoms with van der Waals surface area (Å²) in [6.45, 7) is -3.59. The molecule has 9 heteroatoms. The van der Waals surface area contributed by atoms with Gasteiger partial charge in [-0.2, -0.15) is 0 Å². The maximum Gasteiger partial charge on any atom is 0.511 e. The summed E-state index contributed by atoms with van der Waals surface area (Å²) in [5.41, 5.74) is 0. The second kappa shape index (κ2) is 9.42. The standard InChI is InChI=1S/C16H21O6PSSi/c1-18-25(19-2,20-3)14-24-23(17,21-15-10-6-4-7-11-15)22-16-12-8-5-9-13-16/h4-13H,14H2,1-3H3. The second-order valence-corrected chi connectivity index (χ2v) is 12.2. The van der Waals surface area contributed by atoms with Crippen LogP contribution >= 0.6 is 18.2 Å². The fraction of sp³-hybridized carbons (Fsp3) is 0.250. The van der Waals surface area contributed by atoms with Gasteiger partial charge in [0.05, 0.1) is 5.38 Å². The predicted molar refractivity (Wildman–Crippen MR) is 101 cm³/mol. The lowest BCUT2D eigenvalue weighted by Gasteiger charge is -2.26. The molecule has 0 heterocycles. The van der Waals surface area contributed by atoms with Crippen LogP contribution in [-0.2, 0) is 17.8 Å². The highest BCUT2D eigenvalue weighted by atomic mass is 32.7. The van der Waals surface area contributed by atoms with Crippen molar-refractivity contribution in [1.82, 2.24) is 0 Å². The van der Waals surface area contributed by atoms with Gasteiger partial charge in [-0.05, 0) is 35.6 Å². The summed E-state index contributed by atoms with van der Waals surface area (Å²) in [5, 5.41) is 0.216. The van der Waals surface area contributed by atoms with Crippen molar-refractivity contribution in [3.8, 4) is 11.5 Å². The van der Waals surface area contributed by atoms with Crippen molar-refractivity contribution >= 4 is 27.0 Å². The molecule has 0 radical (unpaired) electrons. The minimum atomic E-state index is -3.59. The Morgan fingerprint density at radius 2 is 1.20 bits per heavy atom. The Morgan fingerprint density at radius 1 is 0.800 bits per heavy atom. The lowest BCUT2D eigenvalue weighted by Crippen LogP contribution is -2.46. The van der Waals surface area contributed by atoms with Gasteiger partial charge in [-0.3, -0.25) is 0 Å². The van der Waals surface area contributed by atoms with Gasteiger partial charge in [-0.1, -0.05) is 36.4 Å². The van der Waals surface area contributed by atoms with Crippen molar-refractivity contribution in [3.05, 3.63) is 60.7 Å². The van der Waals surface area contributed by atoms with Crippen LogP contribution in [0.25, 0.3) is 0 Å². The zero-order chi connectivity index (χ0) is 18.2. The van der Waals surface area contributed by atoms with Crippen LogP contribution in [0.2, 0.25) is 0 Å². The molecule has 2 rings (SSSR count). The average Bonchev–Trinajstić information content (AvgIpc) is 2.65. The van der Waals surface area contributed by atoms with Crippen molar-refractivity contribution in [1.29, 1.82) is 0 Å². The van der Waals surface area contributed by atoms with Crippen LogP contribution in [0.15, 0.2) is 60.7 Å². The van der Waals surface area contributed by atoms with Crippen LogP contribution in [0.4, 0.5) is 0 Å². The van der Waals surface area contributed by atoms with Crippen molar-refractivity contribution < 1.29 is 26.9 Å². The van der Waals surface area contributed by atoms with Gasteiger partial charge in [-0.25, -0.2) is 4.57 Å². The van der Waals surface area contributed by atoms with Crippen molar-refractivity contribution in [2.75, 3.05) is 26.7 Å². The summed E-state index contributed by atoms with van der Waals surface area (Å²) < 4.78 is 40.8. The van der Waals surface area contributed by atoms with Crippen LogP contribution < -0.4 is 9.05 Å². The zero-order valence-electron chi connectivity index (χ0n) is 14.3. The maximum atomic E-state index is 13.3. The van der Waals surface area contributed by atoms with Crippen LogP contribution in [0.5, 0.6) is 11.5 Å². The molecule has 0 saturated heterocycles. The van der Waals surface area contributed by atoms with E-state index in [2.05, 4.69) is 0 Å². The molecular weight excluding hydrogens is 379 g/mol. The number of hydrogen-bond donors (Lipinski definition) is 0. The van der Waals surface area contributed by atoms with E-state index >= 15 is 0 Å². The van der Waals surface area contributed by atoms with E-state index in [9.17, 15) is 4.57 Å². The lowest BCUT2D eigenvalue weighted by molar-refractivity contribution is 0.130. The molecule has 136 valence electrons. The predicted octanol–water partition coefficient (Wildman–Crippen LogP) is 4.40. The van der Waals surface area contributed by atoms with E-state index in [0.717, 1.165) is 11.4 Å². The molecule has 0 spiro atoms. The largest absolute Gasteiger partial charge is 0.511 e. The Morgan fingerprint density at radius 3 is 1.56 bits per heavy atom. The monoisotopic (exact) mass is 400 g/mol. The molecule has 0 aliphatic rings. The molecule has 0 aromatic heterocycles. The van der Waals surface area contributed by atoms with E-state index < -0.39 is 15.6 Å². The Kier molecular flexibility index (Phi) is 7.55. The summed E-state index contributed by atoms with van der Waals surface area (Å²) in [4.78, 5) is 0. The van der Waals surface area contributed by atoms with Gasteiger partial charge < -0.3 is 22.3 Å². The number of rotatable bonds is 10. The summed E-state index contributed by atoms with van der Waals surface area (Å²) in [6, 6.07) is 17.8. The van der Waals surface area contributed by atoms with Crippen LogP contribution in [0, 0.1) is 0 Å². The normalized spacial score (nSPS) is 12.0. The highest BCUT2D eigenvalue weighted by Crippen LogP contribution is 2.60. The molecule has 0 fully saturated rings. The Labute approximate surface area is 153 Å². The van der Waals surface area contributed by atoms with Gasteiger partial charge in [0.15, 0.2) is 0 Å². The first-order valence-electron chi connectivity index (χ1n) is 7.44. The first-order valence-corrected chi connectivity index (χ1v) is 12.5. The summed E-state index contributed by atoms with van der Waals surface area (Å²) >= 11 is 0.992. The SMILES string of the molecule is CO[Si](CSP(=O)(Oc1ccccc1)Oc1ccccc1)(OC)OC. The van der Waals surface area contributed by atoms with Crippen LogP contribution in [-0.4, -0.2) is 35.5 Å².